The maximum atomic E-state index is 13.2. The van der Waals surface area contributed by atoms with E-state index in [0.717, 1.165) is 6.07 Å². The van der Waals surface area contributed by atoms with Crippen molar-refractivity contribution in [1.29, 1.82) is 0 Å². The third-order valence-corrected chi connectivity index (χ3v) is 5.58. The molecule has 1 aromatic rings. The molecule has 5 nitrogen and oxygen atoms in total. The molecule has 0 saturated carbocycles. The molecule has 2 fully saturated rings. The van der Waals surface area contributed by atoms with Crippen LogP contribution in [0.15, 0.2) is 29.3 Å². The molecule has 2 N–H and O–H groups in total. The zero-order chi connectivity index (χ0) is 20.2. The van der Waals surface area contributed by atoms with Crippen molar-refractivity contribution in [3.8, 4) is 0 Å². The van der Waals surface area contributed by atoms with Crippen molar-refractivity contribution in [2.75, 3.05) is 39.4 Å². The van der Waals surface area contributed by atoms with Crippen molar-refractivity contribution < 1.29 is 23.0 Å². The highest BCUT2D eigenvalue weighted by Gasteiger charge is 2.37. The molecule has 0 amide bonds. The Labute approximate surface area is 163 Å². The molecule has 0 aromatic heterocycles. The van der Waals surface area contributed by atoms with Crippen molar-refractivity contribution in [2.24, 2.45) is 4.99 Å². The molecule has 0 spiro atoms. The van der Waals surface area contributed by atoms with Crippen molar-refractivity contribution in [3.63, 3.8) is 0 Å². The molecule has 8 heteroatoms. The molecule has 1 atom stereocenters. The number of hydrogen-bond acceptors (Lipinski definition) is 3. The van der Waals surface area contributed by atoms with Gasteiger partial charge in [0, 0.05) is 38.3 Å². The van der Waals surface area contributed by atoms with Gasteiger partial charge in [-0.15, -0.1) is 0 Å². The van der Waals surface area contributed by atoms with Crippen LogP contribution in [-0.4, -0.2) is 61.5 Å². The van der Waals surface area contributed by atoms with Crippen LogP contribution in [0.5, 0.6) is 0 Å². The molecule has 3 rings (SSSR count). The van der Waals surface area contributed by atoms with Gasteiger partial charge in [-0.05, 0) is 37.8 Å². The van der Waals surface area contributed by atoms with Crippen LogP contribution in [0.25, 0.3) is 0 Å². The SMILES string of the molecule is CCNC(=NCC1(c2cccc(C(F)(F)F)c2)CCOCC1)N1CC[C@@H](O)C1. The number of guanidine groups is 1. The monoisotopic (exact) mass is 399 g/mol. The lowest BCUT2D eigenvalue weighted by Crippen LogP contribution is -2.43. The van der Waals surface area contributed by atoms with Crippen LogP contribution in [0.3, 0.4) is 0 Å². The second-order valence-electron chi connectivity index (χ2n) is 7.53. The second-order valence-corrected chi connectivity index (χ2v) is 7.53. The van der Waals surface area contributed by atoms with Gasteiger partial charge >= 0.3 is 6.18 Å². The van der Waals surface area contributed by atoms with Crippen LogP contribution in [0.4, 0.5) is 13.2 Å². The van der Waals surface area contributed by atoms with Gasteiger partial charge in [-0.25, -0.2) is 0 Å². The van der Waals surface area contributed by atoms with Crippen LogP contribution in [0.2, 0.25) is 0 Å². The van der Waals surface area contributed by atoms with Gasteiger partial charge in [0.1, 0.15) is 0 Å². The number of benzene rings is 1. The van der Waals surface area contributed by atoms with Gasteiger partial charge in [-0.1, -0.05) is 18.2 Å². The third kappa shape index (κ3) is 4.78. The molecule has 0 unspecified atom stereocenters. The summed E-state index contributed by atoms with van der Waals surface area (Å²) in [6.45, 7) is 5.28. The van der Waals surface area contributed by atoms with Gasteiger partial charge in [0.2, 0.25) is 0 Å². The topological polar surface area (TPSA) is 57.1 Å². The number of hydrogen-bond donors (Lipinski definition) is 2. The van der Waals surface area contributed by atoms with Crippen molar-refractivity contribution in [3.05, 3.63) is 35.4 Å². The Balaban J connectivity index is 1.89. The van der Waals surface area contributed by atoms with Gasteiger partial charge in [-0.2, -0.15) is 13.2 Å². The highest BCUT2D eigenvalue weighted by Crippen LogP contribution is 2.38. The van der Waals surface area contributed by atoms with E-state index in [-0.39, 0.29) is 6.10 Å². The molecule has 2 heterocycles. The highest BCUT2D eigenvalue weighted by atomic mass is 19.4. The molecule has 2 saturated heterocycles. The summed E-state index contributed by atoms with van der Waals surface area (Å²) in [5.74, 6) is 0.705. The molecule has 156 valence electrons. The van der Waals surface area contributed by atoms with Gasteiger partial charge in [-0.3, -0.25) is 4.99 Å². The number of aliphatic imine (C=N–C) groups is 1. The van der Waals surface area contributed by atoms with Crippen molar-refractivity contribution in [2.45, 2.75) is 43.9 Å². The van der Waals surface area contributed by atoms with E-state index in [2.05, 4.69) is 5.32 Å². The number of likely N-dealkylation sites (tertiary alicyclic amines) is 1. The molecule has 2 aliphatic rings. The van der Waals surface area contributed by atoms with E-state index >= 15 is 0 Å². The zero-order valence-electron chi connectivity index (χ0n) is 16.1. The molecular formula is C20H28F3N3O2. The smallest absolute Gasteiger partial charge is 0.391 e. The summed E-state index contributed by atoms with van der Waals surface area (Å²) < 4.78 is 45.2. The van der Waals surface area contributed by atoms with Crippen molar-refractivity contribution in [1.82, 2.24) is 10.2 Å². The summed E-state index contributed by atoms with van der Waals surface area (Å²) in [6.07, 6.45) is -2.80. The van der Waals surface area contributed by atoms with Gasteiger partial charge in [0.05, 0.1) is 18.2 Å². The average Bonchev–Trinajstić information content (AvgIpc) is 3.11. The second kappa shape index (κ2) is 8.69. The maximum absolute atomic E-state index is 13.2. The van der Waals surface area contributed by atoms with Crippen molar-refractivity contribution >= 4 is 5.96 Å². The van der Waals surface area contributed by atoms with Gasteiger partial charge < -0.3 is 20.1 Å². The fraction of sp³-hybridized carbons (Fsp3) is 0.650. The predicted octanol–water partition coefficient (Wildman–Crippen LogP) is 2.79. The summed E-state index contributed by atoms with van der Waals surface area (Å²) >= 11 is 0. The molecule has 0 radical (unpaired) electrons. The zero-order valence-corrected chi connectivity index (χ0v) is 16.1. The lowest BCUT2D eigenvalue weighted by Gasteiger charge is -2.37. The summed E-state index contributed by atoms with van der Waals surface area (Å²) in [5, 5.41) is 13.1. The largest absolute Gasteiger partial charge is 0.416 e. The van der Waals surface area contributed by atoms with E-state index in [9.17, 15) is 18.3 Å². The highest BCUT2D eigenvalue weighted by molar-refractivity contribution is 5.80. The Bertz CT molecular complexity index is 688. The standard InChI is InChI=1S/C20H28F3N3O2/c1-2-24-18(26-9-6-17(27)13-26)25-14-19(7-10-28-11-8-19)15-4-3-5-16(12-15)20(21,22)23/h3-5,12,17,27H,2,6-11,13-14H2,1H3,(H,24,25)/t17-/m1/s1. The number of aliphatic hydroxyl groups is 1. The Morgan fingerprint density at radius 1 is 1.36 bits per heavy atom. The first-order chi connectivity index (χ1) is 13.3. The van der Waals surface area contributed by atoms with Gasteiger partial charge in [0.15, 0.2) is 5.96 Å². The van der Waals surface area contributed by atoms with Crippen LogP contribution in [0.1, 0.15) is 37.3 Å². The molecule has 0 aliphatic carbocycles. The molecule has 2 aliphatic heterocycles. The molecule has 1 aromatic carbocycles. The summed E-state index contributed by atoms with van der Waals surface area (Å²) in [6, 6.07) is 5.60. The number of β-amino-alcohol motifs (C(OH)–C–C–N with tert-alkyl or cyclic N) is 1. The lowest BCUT2D eigenvalue weighted by atomic mass is 9.74. The van der Waals surface area contributed by atoms with Crippen LogP contribution < -0.4 is 5.32 Å². The minimum absolute atomic E-state index is 0.371. The fourth-order valence-electron chi connectivity index (χ4n) is 3.91. The lowest BCUT2D eigenvalue weighted by molar-refractivity contribution is -0.137. The summed E-state index contributed by atoms with van der Waals surface area (Å²) in [5.41, 5.74) is -0.459. The summed E-state index contributed by atoms with van der Waals surface area (Å²) in [7, 11) is 0. The molecule has 0 bridgehead atoms. The Kier molecular flexibility index (Phi) is 6.50. The minimum Gasteiger partial charge on any atom is -0.391 e. The first-order valence-electron chi connectivity index (χ1n) is 9.81. The number of alkyl halides is 3. The van der Waals surface area contributed by atoms with E-state index in [4.69, 9.17) is 9.73 Å². The Hall–Kier alpha value is -1.80. The normalized spacial score (nSPS) is 23.1. The Morgan fingerprint density at radius 3 is 2.71 bits per heavy atom. The predicted molar refractivity (Wildman–Crippen MR) is 101 cm³/mol. The van der Waals surface area contributed by atoms with Crippen LogP contribution in [-0.2, 0) is 16.3 Å². The minimum atomic E-state index is -4.37. The van der Waals surface area contributed by atoms with E-state index in [1.807, 2.05) is 11.8 Å². The van der Waals surface area contributed by atoms with E-state index in [1.54, 1.807) is 6.07 Å². The van der Waals surface area contributed by atoms with Gasteiger partial charge in [0.25, 0.3) is 0 Å². The quantitative estimate of drug-likeness (QED) is 0.604. The van der Waals surface area contributed by atoms with E-state index in [0.29, 0.717) is 70.2 Å². The molecular weight excluding hydrogens is 371 g/mol. The number of halogens is 3. The summed E-state index contributed by atoms with van der Waals surface area (Å²) in [4.78, 5) is 6.78. The van der Waals surface area contributed by atoms with E-state index in [1.165, 1.54) is 12.1 Å². The number of rotatable bonds is 4. The number of nitrogens with zero attached hydrogens (tertiary/aromatic N) is 2. The third-order valence-electron chi connectivity index (χ3n) is 5.58. The Morgan fingerprint density at radius 2 is 2.11 bits per heavy atom. The first kappa shape index (κ1) is 20.9. The number of aliphatic hydroxyl groups excluding tert-OH is 1. The maximum Gasteiger partial charge on any atom is 0.416 e. The number of ether oxygens (including phenoxy) is 1. The fourth-order valence-corrected chi connectivity index (χ4v) is 3.91. The first-order valence-corrected chi connectivity index (χ1v) is 9.81. The van der Waals surface area contributed by atoms with E-state index < -0.39 is 17.2 Å². The molecule has 28 heavy (non-hydrogen) atoms. The average molecular weight is 399 g/mol. The number of nitrogens with one attached hydrogen (secondary N) is 1. The van der Waals surface area contributed by atoms with Crippen LogP contribution >= 0.6 is 0 Å². The van der Waals surface area contributed by atoms with Crippen LogP contribution in [0, 0.1) is 0 Å².